The number of carboxylic acids is 1. The molecule has 1 fully saturated rings. The van der Waals surface area contributed by atoms with Crippen molar-refractivity contribution < 1.29 is 42.8 Å². The Kier molecular flexibility index (Phi) is 8.81. The van der Waals surface area contributed by atoms with Crippen LogP contribution < -0.4 is 4.74 Å². The molecule has 12 heteroatoms. The van der Waals surface area contributed by atoms with Gasteiger partial charge in [-0.2, -0.15) is 0 Å². The molecule has 1 aliphatic rings. The summed E-state index contributed by atoms with van der Waals surface area (Å²) in [6.45, 7) is -0.260. The molecule has 11 nitrogen and oxygen atoms in total. The summed E-state index contributed by atoms with van der Waals surface area (Å²) >= 11 is 0. The highest BCUT2D eigenvalue weighted by Crippen LogP contribution is 2.30. The highest BCUT2D eigenvalue weighted by atomic mass is 19.1. The van der Waals surface area contributed by atoms with E-state index in [1.807, 2.05) is 0 Å². The zero-order valence-corrected chi connectivity index (χ0v) is 16.3. The number of benzene rings is 1. The molecule has 5 atom stereocenters. The van der Waals surface area contributed by atoms with E-state index in [-0.39, 0.29) is 6.61 Å². The average Bonchev–Trinajstić information content (AvgIpc) is 2.72. The summed E-state index contributed by atoms with van der Waals surface area (Å²) in [5, 5.41) is 13.1. The Morgan fingerprint density at radius 2 is 1.97 bits per heavy atom. The summed E-state index contributed by atoms with van der Waals surface area (Å²) in [6.07, 6.45) is -5.73. The number of nitrogens with zero attached hydrogens (tertiary/aromatic N) is 3. The highest BCUT2D eigenvalue weighted by Gasteiger charge is 2.51. The molecular weight excluding hydrogens is 405 g/mol. The Morgan fingerprint density at radius 3 is 2.50 bits per heavy atom. The minimum atomic E-state index is -1.62. The topological polar surface area (TPSA) is 149 Å². The van der Waals surface area contributed by atoms with Crippen LogP contribution in [0.2, 0.25) is 0 Å². The number of aliphatic carboxylic acids is 1. The molecule has 1 aromatic rings. The van der Waals surface area contributed by atoms with E-state index in [1.165, 1.54) is 7.11 Å². The predicted octanol–water partition coefficient (Wildman–Crippen LogP) is 1.99. The van der Waals surface area contributed by atoms with Crippen LogP contribution in [0.15, 0.2) is 29.4 Å². The Balaban J connectivity index is 2.31. The molecule has 1 N–H and O–H groups in total. The Morgan fingerprint density at radius 1 is 1.27 bits per heavy atom. The van der Waals surface area contributed by atoms with Gasteiger partial charge >= 0.3 is 11.9 Å². The number of ether oxygens (including phenoxy) is 5. The van der Waals surface area contributed by atoms with Crippen molar-refractivity contribution in [1.29, 1.82) is 0 Å². The van der Waals surface area contributed by atoms with Crippen molar-refractivity contribution in [3.8, 4) is 5.75 Å². The van der Waals surface area contributed by atoms with Crippen LogP contribution in [0, 0.1) is 0 Å². The predicted molar refractivity (Wildman–Crippen MR) is 98.3 cm³/mol. The fraction of sp³-hybridized carbons (Fsp3) is 0.556. The molecule has 0 radical (unpaired) electrons. The van der Waals surface area contributed by atoms with Gasteiger partial charge in [0.1, 0.15) is 30.7 Å². The Labute approximate surface area is 171 Å². The maximum absolute atomic E-state index is 12.5. The molecule has 164 valence electrons. The minimum absolute atomic E-state index is 0.0570. The third-order valence-corrected chi connectivity index (χ3v) is 4.21. The number of esters is 1. The second-order valence-electron chi connectivity index (χ2n) is 6.22. The molecule has 0 amide bonds. The lowest BCUT2D eigenvalue weighted by atomic mass is 9.96. The number of carboxylic acid groups (broad SMARTS) is 1. The molecule has 1 aromatic carbocycles. The average molecular weight is 427 g/mol. The second-order valence-corrected chi connectivity index (χ2v) is 6.22. The molecule has 1 heterocycles. The van der Waals surface area contributed by atoms with Crippen LogP contribution >= 0.6 is 0 Å². The van der Waals surface area contributed by atoms with Crippen molar-refractivity contribution in [1.82, 2.24) is 0 Å². The van der Waals surface area contributed by atoms with Crippen LogP contribution in [0.1, 0.15) is 12.5 Å². The zero-order chi connectivity index (χ0) is 22.1. The van der Waals surface area contributed by atoms with Crippen LogP contribution in [-0.4, -0.2) is 68.1 Å². The number of carbonyl (C=O) groups excluding carboxylic acids is 1. The molecule has 0 bridgehead atoms. The quantitative estimate of drug-likeness (QED) is 0.258. The first-order chi connectivity index (χ1) is 14.4. The second kappa shape index (κ2) is 11.3. The molecule has 0 unspecified atom stereocenters. The molecule has 1 aliphatic heterocycles. The van der Waals surface area contributed by atoms with Crippen LogP contribution in [0.5, 0.6) is 5.75 Å². The summed E-state index contributed by atoms with van der Waals surface area (Å²) in [5.41, 5.74) is 9.57. The smallest absolute Gasteiger partial charge is 0.335 e. The number of halogens is 1. The standard InChI is InChI=1S/C18H22FN3O8/c1-10(23)29-14-13(21-22-20)18(27-8-7-19)30-16(17(24)25)15(14)28-9-11-3-5-12(26-2)6-4-11/h3-6,13-16,18H,7-9H2,1-2H3,(H,24,25)/t13-,14-,15-,16+,18-/m1/s1. The fourth-order valence-electron chi connectivity index (χ4n) is 2.93. The van der Waals surface area contributed by atoms with Crippen molar-refractivity contribution in [2.24, 2.45) is 5.11 Å². The molecule has 0 aromatic heterocycles. The third-order valence-electron chi connectivity index (χ3n) is 4.21. The van der Waals surface area contributed by atoms with E-state index in [1.54, 1.807) is 24.3 Å². The molecule has 0 saturated carbocycles. The van der Waals surface area contributed by atoms with Gasteiger partial charge in [-0.3, -0.25) is 4.79 Å². The van der Waals surface area contributed by atoms with E-state index in [2.05, 4.69) is 10.0 Å². The number of rotatable bonds is 10. The van der Waals surface area contributed by atoms with Gasteiger partial charge in [0.15, 0.2) is 12.4 Å². The molecular formula is C18H22FN3O8. The Hall–Kier alpha value is -2.92. The molecule has 0 aliphatic carbocycles. The van der Waals surface area contributed by atoms with Gasteiger partial charge in [0.05, 0.1) is 20.3 Å². The summed E-state index contributed by atoms with van der Waals surface area (Å²) < 4.78 is 39.1. The van der Waals surface area contributed by atoms with E-state index < -0.39 is 55.9 Å². The number of methoxy groups -OCH3 is 1. The fourth-order valence-corrected chi connectivity index (χ4v) is 2.93. The van der Waals surface area contributed by atoms with E-state index in [9.17, 15) is 19.1 Å². The molecule has 0 spiro atoms. The van der Waals surface area contributed by atoms with Gasteiger partial charge < -0.3 is 28.8 Å². The first-order valence-corrected chi connectivity index (χ1v) is 8.93. The maximum atomic E-state index is 12.5. The number of alkyl halides is 1. The molecule has 1 saturated heterocycles. The SMILES string of the molecule is COc1ccc(CO[C@@H]2[C@H](OC(C)=O)[C@@H](N=[N+]=[N-])[C@H](OCCF)O[C@@H]2C(=O)O)cc1. The van der Waals surface area contributed by atoms with E-state index in [0.29, 0.717) is 11.3 Å². The number of hydrogen-bond acceptors (Lipinski definition) is 8. The van der Waals surface area contributed by atoms with Crippen LogP contribution in [-0.2, 0) is 35.1 Å². The summed E-state index contributed by atoms with van der Waals surface area (Å²) in [7, 11) is 1.52. The van der Waals surface area contributed by atoms with Gasteiger partial charge in [-0.25, -0.2) is 9.18 Å². The summed E-state index contributed by atoms with van der Waals surface area (Å²) in [6, 6.07) is 5.51. The van der Waals surface area contributed by atoms with Gasteiger partial charge in [-0.05, 0) is 23.2 Å². The first-order valence-electron chi connectivity index (χ1n) is 8.93. The first kappa shape index (κ1) is 23.4. The zero-order valence-electron chi connectivity index (χ0n) is 16.3. The number of hydrogen-bond donors (Lipinski definition) is 1. The monoisotopic (exact) mass is 427 g/mol. The van der Waals surface area contributed by atoms with Crippen molar-refractivity contribution in [3.05, 3.63) is 40.3 Å². The summed E-state index contributed by atoms with van der Waals surface area (Å²) in [5.74, 6) is -1.55. The van der Waals surface area contributed by atoms with Crippen molar-refractivity contribution >= 4 is 11.9 Å². The summed E-state index contributed by atoms with van der Waals surface area (Å²) in [4.78, 5) is 26.1. The maximum Gasteiger partial charge on any atom is 0.335 e. The van der Waals surface area contributed by atoms with Gasteiger partial charge in [0.25, 0.3) is 0 Å². The normalized spacial score (nSPS) is 25.8. The molecule has 2 rings (SSSR count). The van der Waals surface area contributed by atoms with E-state index >= 15 is 0 Å². The minimum Gasteiger partial charge on any atom is -0.497 e. The van der Waals surface area contributed by atoms with Crippen molar-refractivity contribution in [2.75, 3.05) is 20.4 Å². The highest BCUT2D eigenvalue weighted by molar-refractivity contribution is 5.74. The lowest BCUT2D eigenvalue weighted by molar-refractivity contribution is -0.272. The lowest BCUT2D eigenvalue weighted by Crippen LogP contribution is -2.61. The largest absolute Gasteiger partial charge is 0.497 e. The van der Waals surface area contributed by atoms with Gasteiger partial charge in [0, 0.05) is 11.8 Å². The number of azide groups is 1. The van der Waals surface area contributed by atoms with Gasteiger partial charge in [0.2, 0.25) is 0 Å². The van der Waals surface area contributed by atoms with Crippen LogP contribution in [0.3, 0.4) is 0 Å². The third kappa shape index (κ3) is 6.04. The Bertz CT molecular complexity index is 771. The number of carbonyl (C=O) groups is 2. The van der Waals surface area contributed by atoms with E-state index in [0.717, 1.165) is 6.92 Å². The van der Waals surface area contributed by atoms with Crippen molar-refractivity contribution in [3.63, 3.8) is 0 Å². The van der Waals surface area contributed by atoms with Gasteiger partial charge in [-0.15, -0.1) is 0 Å². The van der Waals surface area contributed by atoms with Crippen molar-refractivity contribution in [2.45, 2.75) is 44.2 Å². The van der Waals surface area contributed by atoms with Crippen LogP contribution in [0.4, 0.5) is 4.39 Å². The van der Waals surface area contributed by atoms with Crippen LogP contribution in [0.25, 0.3) is 10.4 Å². The molecule has 30 heavy (non-hydrogen) atoms. The van der Waals surface area contributed by atoms with Gasteiger partial charge in [-0.1, -0.05) is 17.2 Å². The van der Waals surface area contributed by atoms with E-state index in [4.69, 9.17) is 29.2 Å². The lowest BCUT2D eigenvalue weighted by Gasteiger charge is -2.42.